The van der Waals surface area contributed by atoms with Crippen molar-refractivity contribution in [3.63, 3.8) is 0 Å². The van der Waals surface area contributed by atoms with E-state index in [0.717, 1.165) is 30.9 Å². The molecule has 0 unspecified atom stereocenters. The van der Waals surface area contributed by atoms with Crippen molar-refractivity contribution in [2.45, 2.75) is 26.4 Å². The molecule has 118 valence electrons. The number of aryl methyl sites for hydroxylation is 1. The third-order valence-corrected chi connectivity index (χ3v) is 4.34. The van der Waals surface area contributed by atoms with Gasteiger partial charge in [0.1, 0.15) is 11.3 Å². The molecule has 0 aliphatic heterocycles. The van der Waals surface area contributed by atoms with Gasteiger partial charge < -0.3 is 10.2 Å². The van der Waals surface area contributed by atoms with E-state index < -0.39 is 0 Å². The number of nitrogens with zero attached hydrogens (tertiary/aromatic N) is 2. The molecule has 0 saturated carbocycles. The van der Waals surface area contributed by atoms with Crippen LogP contribution < -0.4 is 5.73 Å². The quantitative estimate of drug-likeness (QED) is 0.762. The Bertz CT molecular complexity index is 753. The molecule has 0 saturated heterocycles. The summed E-state index contributed by atoms with van der Waals surface area (Å²) in [7, 11) is 2.11. The lowest BCUT2D eigenvalue weighted by Gasteiger charge is -2.15. The zero-order valence-electron chi connectivity index (χ0n) is 12.7. The van der Waals surface area contributed by atoms with Gasteiger partial charge in [-0.05, 0) is 13.1 Å². The summed E-state index contributed by atoms with van der Waals surface area (Å²) in [5, 5.41) is 1.84. The molecule has 0 amide bonds. The Morgan fingerprint density at radius 1 is 1.27 bits per heavy atom. The SMILES string of the molecule is CCc1oc2ccccc2c1CN(C)Cc1cnc(N)s1.Cl. The lowest BCUT2D eigenvalue weighted by atomic mass is 10.1. The normalized spacial score (nSPS) is 11.0. The Balaban J connectivity index is 0.00000176. The highest BCUT2D eigenvalue weighted by Crippen LogP contribution is 2.28. The number of rotatable bonds is 5. The number of furan rings is 1. The highest BCUT2D eigenvalue weighted by Gasteiger charge is 2.14. The zero-order chi connectivity index (χ0) is 14.8. The number of thiazole rings is 1. The summed E-state index contributed by atoms with van der Waals surface area (Å²) in [6.45, 7) is 3.83. The standard InChI is InChI=1S/C16H19N3OS.ClH/c1-3-14-13(12-6-4-5-7-15(12)20-14)10-19(2)9-11-8-18-16(17)21-11;/h4-8H,3,9-10H2,1-2H3,(H2,17,18);1H. The van der Waals surface area contributed by atoms with Gasteiger partial charge in [-0.15, -0.1) is 23.7 Å². The molecular formula is C16H20ClN3OS. The van der Waals surface area contributed by atoms with E-state index in [9.17, 15) is 0 Å². The molecule has 0 aliphatic rings. The van der Waals surface area contributed by atoms with Gasteiger partial charge in [0.25, 0.3) is 0 Å². The lowest BCUT2D eigenvalue weighted by Crippen LogP contribution is -2.17. The maximum absolute atomic E-state index is 5.95. The van der Waals surface area contributed by atoms with Crippen molar-refractivity contribution in [3.05, 3.63) is 46.7 Å². The van der Waals surface area contributed by atoms with Crippen LogP contribution in [0.15, 0.2) is 34.9 Å². The Kier molecular flexibility index (Phi) is 5.45. The second-order valence-electron chi connectivity index (χ2n) is 5.19. The van der Waals surface area contributed by atoms with E-state index in [1.54, 1.807) is 11.3 Å². The summed E-state index contributed by atoms with van der Waals surface area (Å²) in [4.78, 5) is 7.55. The molecule has 0 fully saturated rings. The highest BCUT2D eigenvalue weighted by atomic mass is 35.5. The van der Waals surface area contributed by atoms with Crippen LogP contribution in [0.2, 0.25) is 0 Å². The van der Waals surface area contributed by atoms with Crippen LogP contribution in [-0.4, -0.2) is 16.9 Å². The molecule has 1 aromatic carbocycles. The van der Waals surface area contributed by atoms with Crippen molar-refractivity contribution in [2.24, 2.45) is 0 Å². The molecule has 3 rings (SSSR count). The van der Waals surface area contributed by atoms with Crippen LogP contribution in [0.4, 0.5) is 5.13 Å². The molecule has 0 bridgehead atoms. The highest BCUT2D eigenvalue weighted by molar-refractivity contribution is 7.15. The average Bonchev–Trinajstić information content (AvgIpc) is 3.03. The van der Waals surface area contributed by atoms with E-state index in [0.29, 0.717) is 5.13 Å². The predicted octanol–water partition coefficient (Wildman–Crippen LogP) is 4.09. The summed E-state index contributed by atoms with van der Waals surface area (Å²) in [6.07, 6.45) is 2.76. The van der Waals surface area contributed by atoms with Gasteiger partial charge in [0.2, 0.25) is 0 Å². The average molecular weight is 338 g/mol. The Labute approximate surface area is 140 Å². The fourth-order valence-corrected chi connectivity index (χ4v) is 3.36. The number of hydrogen-bond acceptors (Lipinski definition) is 5. The van der Waals surface area contributed by atoms with Crippen LogP contribution in [-0.2, 0) is 19.5 Å². The summed E-state index contributed by atoms with van der Waals surface area (Å²) < 4.78 is 5.95. The van der Waals surface area contributed by atoms with Gasteiger partial charge in [-0.25, -0.2) is 4.98 Å². The first kappa shape index (κ1) is 16.8. The van der Waals surface area contributed by atoms with Crippen LogP contribution in [0.5, 0.6) is 0 Å². The van der Waals surface area contributed by atoms with Gasteiger partial charge in [-0.1, -0.05) is 25.1 Å². The number of fused-ring (bicyclic) bond motifs is 1. The number of halogens is 1. The Morgan fingerprint density at radius 3 is 2.73 bits per heavy atom. The molecule has 4 nitrogen and oxygen atoms in total. The third-order valence-electron chi connectivity index (χ3n) is 3.53. The van der Waals surface area contributed by atoms with Crippen molar-refractivity contribution in [1.82, 2.24) is 9.88 Å². The van der Waals surface area contributed by atoms with E-state index in [4.69, 9.17) is 10.2 Å². The van der Waals surface area contributed by atoms with Crippen molar-refractivity contribution >= 4 is 39.8 Å². The number of hydrogen-bond donors (Lipinski definition) is 1. The molecule has 2 heterocycles. The van der Waals surface area contributed by atoms with Gasteiger partial charge in [-0.2, -0.15) is 0 Å². The molecule has 6 heteroatoms. The van der Waals surface area contributed by atoms with Crippen LogP contribution >= 0.6 is 23.7 Å². The topological polar surface area (TPSA) is 55.3 Å². The molecule has 2 N–H and O–H groups in total. The lowest BCUT2D eigenvalue weighted by molar-refractivity contribution is 0.319. The second-order valence-corrected chi connectivity index (χ2v) is 6.34. The van der Waals surface area contributed by atoms with Gasteiger partial charge in [0.15, 0.2) is 5.13 Å². The molecule has 0 spiro atoms. The number of anilines is 1. The molecule has 0 atom stereocenters. The fourth-order valence-electron chi connectivity index (χ4n) is 2.60. The molecular weight excluding hydrogens is 318 g/mol. The van der Waals surface area contributed by atoms with E-state index in [1.165, 1.54) is 15.8 Å². The van der Waals surface area contributed by atoms with Crippen LogP contribution in [0.1, 0.15) is 23.1 Å². The third kappa shape index (κ3) is 3.43. The van der Waals surface area contributed by atoms with Gasteiger partial charge in [0, 0.05) is 41.5 Å². The molecule has 2 aromatic heterocycles. The van der Waals surface area contributed by atoms with Gasteiger partial charge >= 0.3 is 0 Å². The van der Waals surface area contributed by atoms with Crippen molar-refractivity contribution in [1.29, 1.82) is 0 Å². The summed E-state index contributed by atoms with van der Waals surface area (Å²) in [6, 6.07) is 8.23. The van der Waals surface area contributed by atoms with Crippen LogP contribution in [0.3, 0.4) is 0 Å². The number of nitrogens with two attached hydrogens (primary N) is 1. The first-order valence-electron chi connectivity index (χ1n) is 7.05. The summed E-state index contributed by atoms with van der Waals surface area (Å²) in [5.74, 6) is 1.08. The number of benzene rings is 1. The smallest absolute Gasteiger partial charge is 0.180 e. The van der Waals surface area contributed by atoms with E-state index in [-0.39, 0.29) is 12.4 Å². The van der Waals surface area contributed by atoms with Crippen molar-refractivity contribution in [3.8, 4) is 0 Å². The minimum absolute atomic E-state index is 0. The van der Waals surface area contributed by atoms with Crippen molar-refractivity contribution < 1.29 is 4.42 Å². The van der Waals surface area contributed by atoms with E-state index >= 15 is 0 Å². The largest absolute Gasteiger partial charge is 0.461 e. The first-order valence-corrected chi connectivity index (χ1v) is 7.87. The monoisotopic (exact) mass is 337 g/mol. The summed E-state index contributed by atoms with van der Waals surface area (Å²) >= 11 is 1.54. The van der Waals surface area contributed by atoms with Crippen molar-refractivity contribution in [2.75, 3.05) is 12.8 Å². The number of nitrogen functional groups attached to an aromatic ring is 1. The summed E-state index contributed by atoms with van der Waals surface area (Å²) in [5.41, 5.74) is 7.94. The van der Waals surface area contributed by atoms with Crippen LogP contribution in [0, 0.1) is 0 Å². The Hall–Kier alpha value is -1.56. The molecule has 0 aliphatic carbocycles. The minimum Gasteiger partial charge on any atom is -0.461 e. The van der Waals surface area contributed by atoms with E-state index in [2.05, 4.69) is 36.0 Å². The Morgan fingerprint density at radius 2 is 2.05 bits per heavy atom. The molecule has 0 radical (unpaired) electrons. The van der Waals surface area contributed by atoms with E-state index in [1.807, 2.05) is 18.3 Å². The predicted molar refractivity (Wildman–Crippen MR) is 94.5 cm³/mol. The fraction of sp³-hybridized carbons (Fsp3) is 0.312. The maximum atomic E-state index is 5.95. The zero-order valence-corrected chi connectivity index (χ0v) is 14.3. The molecule has 22 heavy (non-hydrogen) atoms. The van der Waals surface area contributed by atoms with Gasteiger partial charge in [-0.3, -0.25) is 4.90 Å². The van der Waals surface area contributed by atoms with Crippen LogP contribution in [0.25, 0.3) is 11.0 Å². The second kappa shape index (κ2) is 7.13. The molecule has 3 aromatic rings. The first-order chi connectivity index (χ1) is 10.2. The van der Waals surface area contributed by atoms with Gasteiger partial charge in [0.05, 0.1) is 0 Å². The number of aromatic nitrogens is 1. The maximum Gasteiger partial charge on any atom is 0.180 e. The number of para-hydroxylation sites is 1. The minimum atomic E-state index is 0.